The molecule has 0 spiro atoms. The molecule has 1 aliphatic rings. The molecule has 0 atom stereocenters. The lowest BCUT2D eigenvalue weighted by Crippen LogP contribution is -2.26. The van der Waals surface area contributed by atoms with Crippen molar-refractivity contribution >= 4 is 9.84 Å². The fraction of sp³-hybridized carbons (Fsp3) is 0.500. The van der Waals surface area contributed by atoms with Gasteiger partial charge in [-0.2, -0.15) is 0 Å². The smallest absolute Gasteiger partial charge is 0.179 e. The van der Waals surface area contributed by atoms with E-state index in [1.54, 1.807) is 18.2 Å². The van der Waals surface area contributed by atoms with Crippen LogP contribution in [0, 0.1) is 0 Å². The number of rotatable bonds is 3. The summed E-state index contributed by atoms with van der Waals surface area (Å²) in [5.74, 6) is 0.693. The third kappa shape index (κ3) is 2.45. The van der Waals surface area contributed by atoms with Crippen LogP contribution in [-0.4, -0.2) is 33.0 Å². The standard InChI is InChI=1S/C12H16O4S/c1-16-11-7-8(9-5-10(13)6-9)3-4-12(11)17(2,14)15/h3-4,7,9-10,13H,5-6H2,1-2H3. The number of ether oxygens (including phenoxy) is 1. The number of hydrogen-bond acceptors (Lipinski definition) is 4. The SMILES string of the molecule is COc1cc(C2CC(O)C2)ccc1S(C)(=O)=O. The highest BCUT2D eigenvalue weighted by atomic mass is 32.2. The second kappa shape index (κ2) is 4.31. The highest BCUT2D eigenvalue weighted by Gasteiger charge is 2.29. The Morgan fingerprint density at radius 2 is 2.00 bits per heavy atom. The van der Waals surface area contributed by atoms with E-state index in [2.05, 4.69) is 0 Å². The molecule has 1 aromatic rings. The maximum atomic E-state index is 11.5. The normalized spacial score (nSPS) is 24.2. The van der Waals surface area contributed by atoms with E-state index in [-0.39, 0.29) is 11.0 Å². The minimum Gasteiger partial charge on any atom is -0.495 e. The molecule has 0 aromatic heterocycles. The Kier molecular flexibility index (Phi) is 3.14. The molecule has 1 aromatic carbocycles. The van der Waals surface area contributed by atoms with Gasteiger partial charge in [-0.3, -0.25) is 0 Å². The Bertz CT molecular complexity index is 515. The van der Waals surface area contributed by atoms with Gasteiger partial charge in [0.1, 0.15) is 10.6 Å². The Morgan fingerprint density at radius 3 is 2.47 bits per heavy atom. The first kappa shape index (κ1) is 12.4. The molecule has 1 aliphatic carbocycles. The van der Waals surface area contributed by atoms with Gasteiger partial charge in [0, 0.05) is 6.26 Å². The first-order valence-electron chi connectivity index (χ1n) is 5.48. The summed E-state index contributed by atoms with van der Waals surface area (Å²) in [4.78, 5) is 0.212. The first-order chi connectivity index (χ1) is 7.91. The summed E-state index contributed by atoms with van der Waals surface area (Å²) in [6.07, 6.45) is 2.42. The van der Waals surface area contributed by atoms with Crippen molar-refractivity contribution in [3.05, 3.63) is 23.8 Å². The Morgan fingerprint density at radius 1 is 1.35 bits per heavy atom. The molecule has 1 fully saturated rings. The van der Waals surface area contributed by atoms with Gasteiger partial charge in [0.15, 0.2) is 9.84 Å². The molecule has 94 valence electrons. The number of benzene rings is 1. The van der Waals surface area contributed by atoms with Crippen LogP contribution in [0.15, 0.2) is 23.1 Å². The third-order valence-electron chi connectivity index (χ3n) is 3.17. The van der Waals surface area contributed by atoms with Gasteiger partial charge in [-0.15, -0.1) is 0 Å². The van der Waals surface area contributed by atoms with Crippen molar-refractivity contribution < 1.29 is 18.3 Å². The number of aliphatic hydroxyl groups is 1. The van der Waals surface area contributed by atoms with Crippen molar-refractivity contribution in [1.82, 2.24) is 0 Å². The zero-order chi connectivity index (χ0) is 12.6. The molecule has 0 aliphatic heterocycles. The van der Waals surface area contributed by atoms with Gasteiger partial charge in [-0.1, -0.05) is 6.07 Å². The minimum atomic E-state index is -3.26. The first-order valence-corrected chi connectivity index (χ1v) is 7.37. The molecule has 0 saturated heterocycles. The second-order valence-corrected chi connectivity index (χ2v) is 6.49. The van der Waals surface area contributed by atoms with Crippen molar-refractivity contribution in [1.29, 1.82) is 0 Å². The highest BCUT2D eigenvalue weighted by Crippen LogP contribution is 2.39. The van der Waals surface area contributed by atoms with E-state index in [1.807, 2.05) is 0 Å². The summed E-state index contributed by atoms with van der Waals surface area (Å²) in [7, 11) is -1.80. The molecule has 1 saturated carbocycles. The molecule has 0 bridgehead atoms. The van der Waals surface area contributed by atoms with Crippen LogP contribution in [0.5, 0.6) is 5.75 Å². The highest BCUT2D eigenvalue weighted by molar-refractivity contribution is 7.90. The summed E-state index contributed by atoms with van der Waals surface area (Å²) in [5.41, 5.74) is 1.03. The number of methoxy groups -OCH3 is 1. The van der Waals surface area contributed by atoms with Gasteiger partial charge in [-0.05, 0) is 36.5 Å². The zero-order valence-corrected chi connectivity index (χ0v) is 10.7. The van der Waals surface area contributed by atoms with Crippen LogP contribution < -0.4 is 4.74 Å². The van der Waals surface area contributed by atoms with Crippen molar-refractivity contribution in [2.45, 2.75) is 29.8 Å². The molecule has 0 radical (unpaired) electrons. The maximum Gasteiger partial charge on any atom is 0.179 e. The van der Waals surface area contributed by atoms with Crippen LogP contribution >= 0.6 is 0 Å². The summed E-state index contributed by atoms with van der Waals surface area (Å²) < 4.78 is 28.1. The van der Waals surface area contributed by atoms with E-state index >= 15 is 0 Å². The quantitative estimate of drug-likeness (QED) is 0.886. The molecule has 5 heteroatoms. The molecule has 2 rings (SSSR count). The summed E-state index contributed by atoms with van der Waals surface area (Å²) in [6.45, 7) is 0. The monoisotopic (exact) mass is 256 g/mol. The largest absolute Gasteiger partial charge is 0.495 e. The topological polar surface area (TPSA) is 63.6 Å². The van der Waals surface area contributed by atoms with Gasteiger partial charge in [0.2, 0.25) is 0 Å². The molecule has 4 nitrogen and oxygen atoms in total. The number of sulfone groups is 1. The van der Waals surface area contributed by atoms with Gasteiger partial charge >= 0.3 is 0 Å². The Hall–Kier alpha value is -1.07. The Labute approximate surface area is 101 Å². The van der Waals surface area contributed by atoms with Crippen LogP contribution in [0.1, 0.15) is 24.3 Å². The second-order valence-electron chi connectivity index (χ2n) is 4.50. The lowest BCUT2D eigenvalue weighted by molar-refractivity contribution is 0.0745. The van der Waals surface area contributed by atoms with E-state index < -0.39 is 9.84 Å². The predicted molar refractivity (Wildman–Crippen MR) is 64.1 cm³/mol. The fourth-order valence-electron chi connectivity index (χ4n) is 2.10. The summed E-state index contributed by atoms with van der Waals surface area (Å²) in [5, 5.41) is 9.26. The van der Waals surface area contributed by atoms with E-state index in [0.717, 1.165) is 24.7 Å². The number of hydrogen-bond donors (Lipinski definition) is 1. The predicted octanol–water partition coefficient (Wildman–Crippen LogP) is 1.34. The van der Waals surface area contributed by atoms with Gasteiger partial charge < -0.3 is 9.84 Å². The molecule has 0 heterocycles. The van der Waals surface area contributed by atoms with Crippen LogP contribution in [0.25, 0.3) is 0 Å². The van der Waals surface area contributed by atoms with Gasteiger partial charge in [0.25, 0.3) is 0 Å². The van der Waals surface area contributed by atoms with Crippen LogP contribution in [0.2, 0.25) is 0 Å². The van der Waals surface area contributed by atoms with Crippen molar-refractivity contribution in [2.24, 2.45) is 0 Å². The minimum absolute atomic E-state index is 0.212. The van der Waals surface area contributed by atoms with E-state index in [1.165, 1.54) is 7.11 Å². The molecule has 1 N–H and O–H groups in total. The number of aliphatic hydroxyl groups excluding tert-OH is 1. The average Bonchev–Trinajstić information content (AvgIpc) is 2.22. The summed E-state index contributed by atoms with van der Waals surface area (Å²) >= 11 is 0. The van der Waals surface area contributed by atoms with Crippen LogP contribution in [0.3, 0.4) is 0 Å². The van der Waals surface area contributed by atoms with Crippen molar-refractivity contribution in [3.8, 4) is 5.75 Å². The van der Waals surface area contributed by atoms with Crippen LogP contribution in [-0.2, 0) is 9.84 Å². The average molecular weight is 256 g/mol. The zero-order valence-electron chi connectivity index (χ0n) is 9.88. The molecular formula is C12H16O4S. The summed E-state index contributed by atoms with van der Waals surface area (Å²) in [6, 6.07) is 5.14. The van der Waals surface area contributed by atoms with E-state index in [9.17, 15) is 13.5 Å². The van der Waals surface area contributed by atoms with Crippen molar-refractivity contribution in [3.63, 3.8) is 0 Å². The molecule has 17 heavy (non-hydrogen) atoms. The van der Waals surface area contributed by atoms with Crippen molar-refractivity contribution in [2.75, 3.05) is 13.4 Å². The van der Waals surface area contributed by atoms with Gasteiger partial charge in [0.05, 0.1) is 13.2 Å². The maximum absolute atomic E-state index is 11.5. The van der Waals surface area contributed by atoms with Gasteiger partial charge in [-0.25, -0.2) is 8.42 Å². The molecule has 0 unspecified atom stereocenters. The lowest BCUT2D eigenvalue weighted by Gasteiger charge is -2.32. The lowest BCUT2D eigenvalue weighted by atomic mass is 9.78. The van der Waals surface area contributed by atoms with E-state index in [4.69, 9.17) is 4.74 Å². The van der Waals surface area contributed by atoms with Crippen LogP contribution in [0.4, 0.5) is 0 Å². The third-order valence-corrected chi connectivity index (χ3v) is 4.31. The fourth-order valence-corrected chi connectivity index (χ4v) is 2.93. The van der Waals surface area contributed by atoms with E-state index in [0.29, 0.717) is 11.7 Å². The molecule has 0 amide bonds. The molecular weight excluding hydrogens is 240 g/mol. The Balaban J connectivity index is 2.35.